The van der Waals surface area contributed by atoms with Gasteiger partial charge in [0.05, 0.1) is 6.54 Å². The van der Waals surface area contributed by atoms with E-state index >= 15 is 0 Å². The van der Waals surface area contributed by atoms with Crippen LogP contribution in [0.5, 0.6) is 0 Å². The summed E-state index contributed by atoms with van der Waals surface area (Å²) in [5.41, 5.74) is 4.28. The van der Waals surface area contributed by atoms with E-state index in [1.165, 1.54) is 30.5 Å². The molecule has 2 aromatic heterocycles. The van der Waals surface area contributed by atoms with Crippen molar-refractivity contribution >= 4 is 17.1 Å². The molecule has 1 saturated carbocycles. The molecular formula is C19H26N6O. The summed E-state index contributed by atoms with van der Waals surface area (Å²) in [5, 5.41) is 0. The molecule has 0 radical (unpaired) electrons. The summed E-state index contributed by atoms with van der Waals surface area (Å²) in [6.07, 6.45) is 8.46. The van der Waals surface area contributed by atoms with Crippen LogP contribution in [0.3, 0.4) is 0 Å². The standard InChI is InChI=1S/C19H26N6O/c26-17(25-10-8-24(9-11-25)14-2-1-3-14)13-23-7-4-15-16(12-23)22-19-18(15)20-5-6-21-19/h5-6,14H,1-4,7-13H2,(H,21,22). The monoisotopic (exact) mass is 354 g/mol. The van der Waals surface area contributed by atoms with Gasteiger partial charge >= 0.3 is 0 Å². The van der Waals surface area contributed by atoms with Gasteiger partial charge in [-0.15, -0.1) is 0 Å². The first-order valence-corrected chi connectivity index (χ1v) is 9.82. The molecule has 138 valence electrons. The van der Waals surface area contributed by atoms with E-state index in [4.69, 9.17) is 0 Å². The molecule has 0 aromatic carbocycles. The van der Waals surface area contributed by atoms with Crippen molar-refractivity contribution in [1.29, 1.82) is 0 Å². The molecule has 0 unspecified atom stereocenters. The highest BCUT2D eigenvalue weighted by Gasteiger charge is 2.30. The number of hydrogen-bond acceptors (Lipinski definition) is 5. The average molecular weight is 354 g/mol. The summed E-state index contributed by atoms with van der Waals surface area (Å²) >= 11 is 0. The minimum Gasteiger partial charge on any atom is -0.340 e. The van der Waals surface area contributed by atoms with Crippen LogP contribution in [0.1, 0.15) is 30.5 Å². The van der Waals surface area contributed by atoms with E-state index in [2.05, 4.69) is 29.7 Å². The second-order valence-electron chi connectivity index (χ2n) is 7.80. The van der Waals surface area contributed by atoms with Crippen molar-refractivity contribution in [2.24, 2.45) is 0 Å². The number of hydrogen-bond donors (Lipinski definition) is 1. The summed E-state index contributed by atoms with van der Waals surface area (Å²) < 4.78 is 0. The van der Waals surface area contributed by atoms with Gasteiger partial charge in [-0.25, -0.2) is 4.98 Å². The zero-order chi connectivity index (χ0) is 17.5. The summed E-state index contributed by atoms with van der Waals surface area (Å²) in [4.78, 5) is 31.8. The van der Waals surface area contributed by atoms with E-state index in [-0.39, 0.29) is 5.91 Å². The molecule has 1 saturated heterocycles. The maximum Gasteiger partial charge on any atom is 0.236 e. The van der Waals surface area contributed by atoms with Gasteiger partial charge in [-0.2, -0.15) is 0 Å². The van der Waals surface area contributed by atoms with Crippen LogP contribution in [0.15, 0.2) is 12.4 Å². The highest BCUT2D eigenvalue weighted by molar-refractivity contribution is 5.79. The third-order valence-electron chi connectivity index (χ3n) is 6.29. The molecule has 7 nitrogen and oxygen atoms in total. The predicted molar refractivity (Wildman–Crippen MR) is 98.7 cm³/mol. The summed E-state index contributed by atoms with van der Waals surface area (Å²) in [6, 6.07) is 0.789. The molecule has 0 atom stereocenters. The van der Waals surface area contributed by atoms with Gasteiger partial charge < -0.3 is 9.88 Å². The highest BCUT2D eigenvalue weighted by atomic mass is 16.2. The number of carbonyl (C=O) groups excluding carboxylic acids is 1. The van der Waals surface area contributed by atoms with Crippen LogP contribution in [-0.2, 0) is 17.8 Å². The summed E-state index contributed by atoms with van der Waals surface area (Å²) in [5.74, 6) is 0.272. The third-order valence-corrected chi connectivity index (χ3v) is 6.29. The van der Waals surface area contributed by atoms with Crippen LogP contribution in [0.25, 0.3) is 11.2 Å². The van der Waals surface area contributed by atoms with Gasteiger partial charge in [0.25, 0.3) is 0 Å². The Bertz CT molecular complexity index is 805. The first kappa shape index (κ1) is 16.2. The second-order valence-corrected chi connectivity index (χ2v) is 7.80. The van der Waals surface area contributed by atoms with Crippen LogP contribution in [0.4, 0.5) is 0 Å². The predicted octanol–water partition coefficient (Wildman–Crippen LogP) is 1.01. The number of aromatic amines is 1. The Balaban J connectivity index is 1.19. The Morgan fingerprint density at radius 2 is 1.92 bits per heavy atom. The fraction of sp³-hybridized carbons (Fsp3) is 0.632. The lowest BCUT2D eigenvalue weighted by molar-refractivity contribution is -0.135. The lowest BCUT2D eigenvalue weighted by atomic mass is 9.91. The topological polar surface area (TPSA) is 68.4 Å². The molecule has 2 aromatic rings. The van der Waals surface area contributed by atoms with Crippen molar-refractivity contribution in [3.8, 4) is 0 Å². The third kappa shape index (κ3) is 2.89. The van der Waals surface area contributed by atoms with Gasteiger partial charge in [0, 0.05) is 69.0 Å². The van der Waals surface area contributed by atoms with E-state index < -0.39 is 0 Å². The maximum atomic E-state index is 12.7. The molecule has 2 aliphatic heterocycles. The zero-order valence-corrected chi connectivity index (χ0v) is 15.2. The number of carbonyl (C=O) groups is 1. The molecule has 0 spiro atoms. The van der Waals surface area contributed by atoms with Crippen LogP contribution in [-0.4, -0.2) is 80.9 Å². The van der Waals surface area contributed by atoms with Gasteiger partial charge in [0.15, 0.2) is 5.65 Å². The molecule has 3 aliphatic rings. The first-order chi connectivity index (χ1) is 12.8. The maximum absolute atomic E-state index is 12.7. The zero-order valence-electron chi connectivity index (χ0n) is 15.2. The Labute approximate surface area is 153 Å². The fourth-order valence-electron chi connectivity index (χ4n) is 4.50. The molecule has 2 fully saturated rings. The van der Waals surface area contributed by atoms with Crippen molar-refractivity contribution in [2.75, 3.05) is 39.3 Å². The van der Waals surface area contributed by atoms with Crippen molar-refractivity contribution in [3.05, 3.63) is 23.7 Å². The fourth-order valence-corrected chi connectivity index (χ4v) is 4.50. The highest BCUT2D eigenvalue weighted by Crippen LogP contribution is 2.26. The van der Waals surface area contributed by atoms with Gasteiger partial charge in [-0.05, 0) is 19.3 Å². The van der Waals surface area contributed by atoms with Gasteiger partial charge in [0.2, 0.25) is 5.91 Å². The number of fused-ring (bicyclic) bond motifs is 3. The quantitative estimate of drug-likeness (QED) is 0.891. The number of nitrogens with zero attached hydrogens (tertiary/aromatic N) is 5. The smallest absolute Gasteiger partial charge is 0.236 e. The number of rotatable bonds is 3. The van der Waals surface area contributed by atoms with Crippen LogP contribution >= 0.6 is 0 Å². The van der Waals surface area contributed by atoms with Gasteiger partial charge in [-0.3, -0.25) is 19.6 Å². The largest absolute Gasteiger partial charge is 0.340 e. The van der Waals surface area contributed by atoms with Crippen LogP contribution in [0.2, 0.25) is 0 Å². The molecule has 4 heterocycles. The molecule has 7 heteroatoms. The number of aromatic nitrogens is 3. The van der Waals surface area contributed by atoms with E-state index in [0.29, 0.717) is 6.54 Å². The second kappa shape index (κ2) is 6.63. The lowest BCUT2D eigenvalue weighted by Gasteiger charge is -2.43. The summed E-state index contributed by atoms with van der Waals surface area (Å²) in [7, 11) is 0. The number of piperazine rings is 1. The van der Waals surface area contributed by atoms with Crippen molar-refractivity contribution in [3.63, 3.8) is 0 Å². The minimum atomic E-state index is 0.272. The van der Waals surface area contributed by atoms with Crippen molar-refractivity contribution in [2.45, 2.75) is 38.3 Å². The van der Waals surface area contributed by atoms with Crippen molar-refractivity contribution in [1.82, 2.24) is 29.7 Å². The normalized spacial score (nSPS) is 22.4. The Kier molecular flexibility index (Phi) is 4.13. The van der Waals surface area contributed by atoms with E-state index in [0.717, 1.165) is 62.9 Å². The van der Waals surface area contributed by atoms with Crippen LogP contribution < -0.4 is 0 Å². The number of nitrogens with one attached hydrogen (secondary N) is 1. The van der Waals surface area contributed by atoms with Gasteiger partial charge in [0.1, 0.15) is 5.52 Å². The molecule has 1 amide bonds. The minimum absolute atomic E-state index is 0.272. The molecule has 1 N–H and O–H groups in total. The molecule has 26 heavy (non-hydrogen) atoms. The van der Waals surface area contributed by atoms with Crippen LogP contribution in [0, 0.1) is 0 Å². The number of amides is 1. The van der Waals surface area contributed by atoms with E-state index in [9.17, 15) is 4.79 Å². The Morgan fingerprint density at radius 3 is 2.69 bits per heavy atom. The van der Waals surface area contributed by atoms with Crippen molar-refractivity contribution < 1.29 is 4.79 Å². The SMILES string of the molecule is O=C(CN1CCc2c([nH]c3nccnc23)C1)N1CCN(C2CCC2)CC1. The molecule has 5 rings (SSSR count). The van der Waals surface area contributed by atoms with E-state index in [1.54, 1.807) is 12.4 Å². The van der Waals surface area contributed by atoms with Gasteiger partial charge in [-0.1, -0.05) is 6.42 Å². The Morgan fingerprint density at radius 1 is 1.12 bits per heavy atom. The van der Waals surface area contributed by atoms with E-state index in [1.807, 2.05) is 0 Å². The Hall–Kier alpha value is -1.99. The molecule has 1 aliphatic carbocycles. The lowest BCUT2D eigenvalue weighted by Crippen LogP contribution is -2.55. The molecule has 0 bridgehead atoms. The molecular weight excluding hydrogens is 328 g/mol. The number of H-pyrrole nitrogens is 1. The first-order valence-electron chi connectivity index (χ1n) is 9.82. The average Bonchev–Trinajstić information content (AvgIpc) is 2.98. The summed E-state index contributed by atoms with van der Waals surface area (Å²) in [6.45, 7) is 6.05.